The number of para-hydroxylation sites is 1. The summed E-state index contributed by atoms with van der Waals surface area (Å²) in [6, 6.07) is 10.2. The topological polar surface area (TPSA) is 120 Å². The highest BCUT2D eigenvalue weighted by Gasteiger charge is 2.40. The van der Waals surface area contributed by atoms with Crippen molar-refractivity contribution in [3.8, 4) is 5.75 Å². The van der Waals surface area contributed by atoms with E-state index >= 15 is 0 Å². The van der Waals surface area contributed by atoms with E-state index in [-0.39, 0.29) is 43.1 Å². The number of benzene rings is 1. The van der Waals surface area contributed by atoms with Gasteiger partial charge in [0.2, 0.25) is 17.6 Å². The Labute approximate surface area is 285 Å². The van der Waals surface area contributed by atoms with Crippen molar-refractivity contribution in [3.05, 3.63) is 51.7 Å². The van der Waals surface area contributed by atoms with Crippen LogP contribution in [0.15, 0.2) is 41.8 Å². The Hall–Kier alpha value is -2.64. The van der Waals surface area contributed by atoms with Gasteiger partial charge in [0, 0.05) is 47.7 Å². The molecule has 4 rings (SSSR count). The summed E-state index contributed by atoms with van der Waals surface area (Å²) >= 11 is 8.38. The minimum absolute atomic E-state index is 0.0274. The number of piperazine rings is 1. The zero-order chi connectivity index (χ0) is 32.6. The van der Waals surface area contributed by atoms with Gasteiger partial charge in [-0.1, -0.05) is 55.5 Å². The highest BCUT2D eigenvalue weighted by atomic mass is 35.5. The van der Waals surface area contributed by atoms with Crippen LogP contribution >= 0.6 is 22.9 Å². The number of nitrogens with one attached hydrogen (secondary N) is 3. The molecular weight excluding hydrogens is 646 g/mol. The monoisotopic (exact) mass is 692 g/mol. The predicted octanol–water partition coefficient (Wildman–Crippen LogP) is 4.85. The first-order valence-electron chi connectivity index (χ1n) is 16.5. The second-order valence-corrected chi connectivity index (χ2v) is 14.0. The van der Waals surface area contributed by atoms with Gasteiger partial charge in [-0.25, -0.2) is 4.79 Å². The number of nitrogens with zero attached hydrogens (tertiary/aromatic N) is 2. The maximum absolute atomic E-state index is 14.3. The fourth-order valence-corrected chi connectivity index (χ4v) is 7.09. The summed E-state index contributed by atoms with van der Waals surface area (Å²) in [5, 5.41) is 12.3. The van der Waals surface area contributed by atoms with Crippen molar-refractivity contribution in [2.24, 2.45) is 5.92 Å². The van der Waals surface area contributed by atoms with E-state index in [4.69, 9.17) is 16.3 Å². The number of carbonyl (C=O) groups excluding carboxylic acids is 3. The van der Waals surface area contributed by atoms with E-state index in [1.165, 1.54) is 24.2 Å². The number of ether oxygens (including phenoxy) is 1. The zero-order valence-electron chi connectivity index (χ0n) is 26.4. The minimum Gasteiger partial charge on any atom is -0.409 e. The van der Waals surface area contributed by atoms with Gasteiger partial charge in [-0.2, -0.15) is 0 Å². The fourth-order valence-electron chi connectivity index (χ4n) is 6.01. The lowest BCUT2D eigenvalue weighted by Crippen LogP contribution is -2.63. The minimum atomic E-state index is -0.849. The van der Waals surface area contributed by atoms with Crippen LogP contribution in [0, 0.1) is 5.92 Å². The summed E-state index contributed by atoms with van der Waals surface area (Å²) in [5.41, 5.74) is 0. The molecule has 3 amide bonds. The average molecular weight is 693 g/mol. The molecule has 2 atom stereocenters. The van der Waals surface area contributed by atoms with Crippen molar-refractivity contribution in [1.82, 2.24) is 25.8 Å². The SMILES string of the molecule is O=[S+]CCCNCCCC[C@@H](CNC1CCCCC1)C(=O)N1CCN(C(=O)Oc2ccccc2Cl)C[C@H]1C(=O)NCc1cccs1. The Morgan fingerprint density at radius 1 is 1.02 bits per heavy atom. The third-order valence-corrected chi connectivity index (χ3v) is 10.3. The molecule has 1 aromatic heterocycles. The Bertz CT molecular complexity index is 1250. The number of hydrogen-bond acceptors (Lipinski definition) is 8. The molecule has 0 unspecified atom stereocenters. The van der Waals surface area contributed by atoms with E-state index in [0.717, 1.165) is 50.1 Å². The second kappa shape index (κ2) is 19.9. The maximum Gasteiger partial charge on any atom is 0.458 e. The molecule has 1 aromatic carbocycles. The Balaban J connectivity index is 1.43. The summed E-state index contributed by atoms with van der Waals surface area (Å²) in [4.78, 5) is 45.3. The molecule has 3 N–H and O–H groups in total. The molecule has 1 saturated heterocycles. The van der Waals surface area contributed by atoms with Crippen LogP contribution in [0.1, 0.15) is 62.7 Å². The standard InChI is InChI=1S/C33H46ClN5O5S2/c34-28-14-4-5-15-30(28)44-33(42)38-18-19-39(29(24-38)31(40)37-23-27-13-8-20-45-27)32(41)25(22-36-26-11-2-1-3-12-26)10-6-7-16-35-17-9-21-46-43/h4-5,8,13-15,20,25-26,29,35-36H,1-3,6-7,9-12,16-19,21-24H2/p+1/t25-,29-/m0/s1. The van der Waals surface area contributed by atoms with Crippen LogP contribution in [0.3, 0.4) is 0 Å². The largest absolute Gasteiger partial charge is 0.458 e. The van der Waals surface area contributed by atoms with E-state index in [9.17, 15) is 18.6 Å². The van der Waals surface area contributed by atoms with Gasteiger partial charge in [0.1, 0.15) is 6.04 Å². The average Bonchev–Trinajstić information content (AvgIpc) is 3.61. The number of rotatable bonds is 17. The third kappa shape index (κ3) is 11.6. The number of halogens is 1. The van der Waals surface area contributed by atoms with E-state index in [2.05, 4.69) is 16.0 Å². The second-order valence-electron chi connectivity index (χ2n) is 12.0. The number of thiophene rings is 1. The van der Waals surface area contributed by atoms with Gasteiger partial charge >= 0.3 is 17.8 Å². The van der Waals surface area contributed by atoms with E-state index in [1.54, 1.807) is 40.5 Å². The summed E-state index contributed by atoms with van der Waals surface area (Å²) in [5.74, 6) is 0.214. The molecule has 2 aromatic rings. The normalized spacial score (nSPS) is 17.8. The van der Waals surface area contributed by atoms with E-state index in [1.807, 2.05) is 17.5 Å². The zero-order valence-corrected chi connectivity index (χ0v) is 28.8. The summed E-state index contributed by atoms with van der Waals surface area (Å²) < 4.78 is 16.2. The fraction of sp³-hybridized carbons (Fsp3) is 0.606. The molecule has 46 heavy (non-hydrogen) atoms. The van der Waals surface area contributed by atoms with Gasteiger partial charge in [0.15, 0.2) is 5.75 Å². The highest BCUT2D eigenvalue weighted by Crippen LogP contribution is 2.25. The van der Waals surface area contributed by atoms with Gasteiger partial charge in [-0.3, -0.25) is 9.59 Å². The smallest absolute Gasteiger partial charge is 0.409 e. The van der Waals surface area contributed by atoms with E-state index < -0.39 is 12.1 Å². The molecule has 1 saturated carbocycles. The molecule has 2 fully saturated rings. The van der Waals surface area contributed by atoms with Crippen LogP contribution in [-0.2, 0) is 32.0 Å². The van der Waals surface area contributed by atoms with Crippen LogP contribution < -0.4 is 20.7 Å². The van der Waals surface area contributed by atoms with Gasteiger partial charge in [-0.15, -0.1) is 11.3 Å². The molecule has 1 aliphatic heterocycles. The summed E-state index contributed by atoms with van der Waals surface area (Å²) in [7, 11) is 0. The summed E-state index contributed by atoms with van der Waals surface area (Å²) in [6.45, 7) is 3.07. The van der Waals surface area contributed by atoms with Crippen molar-refractivity contribution < 1.29 is 23.3 Å². The first-order chi connectivity index (χ1) is 22.5. The van der Waals surface area contributed by atoms with Crippen molar-refractivity contribution >= 4 is 52.5 Å². The first-order valence-corrected chi connectivity index (χ1v) is 18.6. The summed E-state index contributed by atoms with van der Waals surface area (Å²) in [6.07, 6.45) is 8.62. The molecule has 10 nitrogen and oxygen atoms in total. The predicted molar refractivity (Wildman–Crippen MR) is 183 cm³/mol. The maximum atomic E-state index is 14.3. The van der Waals surface area contributed by atoms with E-state index in [0.29, 0.717) is 48.0 Å². The van der Waals surface area contributed by atoms with Crippen molar-refractivity contribution in [1.29, 1.82) is 0 Å². The third-order valence-electron chi connectivity index (χ3n) is 8.62. The van der Waals surface area contributed by atoms with Crippen molar-refractivity contribution in [2.45, 2.75) is 76.4 Å². The van der Waals surface area contributed by atoms with Crippen LogP contribution in [0.2, 0.25) is 5.02 Å². The highest BCUT2D eigenvalue weighted by molar-refractivity contribution is 7.65. The van der Waals surface area contributed by atoms with Gasteiger partial charge in [0.05, 0.1) is 24.0 Å². The van der Waals surface area contributed by atoms with Crippen LogP contribution in [0.5, 0.6) is 5.75 Å². The molecule has 13 heteroatoms. The van der Waals surface area contributed by atoms with Gasteiger partial charge < -0.3 is 30.5 Å². The lowest BCUT2D eigenvalue weighted by Gasteiger charge is -2.41. The number of amides is 3. The molecule has 2 heterocycles. The Kier molecular flexibility index (Phi) is 15.7. The quantitative estimate of drug-likeness (QED) is 0.160. The Morgan fingerprint density at radius 3 is 2.59 bits per heavy atom. The number of unbranched alkanes of at least 4 members (excludes halogenated alkanes) is 1. The molecule has 0 bridgehead atoms. The molecule has 1 aliphatic carbocycles. The lowest BCUT2D eigenvalue weighted by atomic mass is 9.93. The van der Waals surface area contributed by atoms with Crippen molar-refractivity contribution in [2.75, 3.05) is 45.0 Å². The van der Waals surface area contributed by atoms with Crippen molar-refractivity contribution in [3.63, 3.8) is 0 Å². The first kappa shape index (κ1) is 36.2. The molecular formula is C33H47ClN5O5S2+. The molecule has 252 valence electrons. The molecule has 2 aliphatic rings. The van der Waals surface area contributed by atoms with Crippen LogP contribution in [0.4, 0.5) is 4.79 Å². The molecule has 0 spiro atoms. The number of hydrogen-bond donors (Lipinski definition) is 3. The van der Waals surface area contributed by atoms with Crippen LogP contribution in [-0.4, -0.2) is 84.8 Å². The lowest BCUT2D eigenvalue weighted by molar-refractivity contribution is -0.146. The van der Waals surface area contributed by atoms with Crippen LogP contribution in [0.25, 0.3) is 0 Å². The van der Waals surface area contributed by atoms with Gasteiger partial charge in [-0.05, 0) is 55.8 Å². The number of carbonyl (C=O) groups is 3. The molecule has 0 radical (unpaired) electrons. The Morgan fingerprint density at radius 2 is 1.83 bits per heavy atom. The van der Waals surface area contributed by atoms with Gasteiger partial charge in [0.25, 0.3) is 0 Å².